The first-order valence-corrected chi connectivity index (χ1v) is 12.4. The predicted molar refractivity (Wildman–Crippen MR) is 140 cm³/mol. The van der Waals surface area contributed by atoms with Crippen molar-refractivity contribution in [3.05, 3.63) is 53.6 Å². The van der Waals surface area contributed by atoms with Crippen molar-refractivity contribution in [1.82, 2.24) is 0 Å². The van der Waals surface area contributed by atoms with Gasteiger partial charge >= 0.3 is 12.0 Å². The molecule has 2 atom stereocenters. The Bertz CT molecular complexity index is 975. The van der Waals surface area contributed by atoms with Gasteiger partial charge in [-0.05, 0) is 67.9 Å². The fraction of sp³-hybridized carbons (Fsp3) is 0.500. The molecule has 2 N–H and O–H groups in total. The van der Waals surface area contributed by atoms with Gasteiger partial charge in [-0.1, -0.05) is 51.5 Å². The van der Waals surface area contributed by atoms with Crippen LogP contribution in [0.5, 0.6) is 0 Å². The van der Waals surface area contributed by atoms with Crippen LogP contribution in [0.1, 0.15) is 58.1 Å². The molecule has 2 aromatic rings. The number of amides is 2. The first-order chi connectivity index (χ1) is 16.2. The second-order valence-electron chi connectivity index (χ2n) is 10.1. The van der Waals surface area contributed by atoms with E-state index in [1.807, 2.05) is 44.2 Å². The van der Waals surface area contributed by atoms with Crippen LogP contribution in [0.2, 0.25) is 0 Å². The minimum atomic E-state index is -0.283. The van der Waals surface area contributed by atoms with Gasteiger partial charge in [-0.25, -0.2) is 4.79 Å². The SMILES string of the molecule is CCOC(=O)[C@@H]1C[C@@H]1c1ccc(N(CC(C)C)CC(C)C)c(NC(=O)Nc2ccc(C)cc2)c1. The Morgan fingerprint density at radius 2 is 1.65 bits per heavy atom. The van der Waals surface area contributed by atoms with Gasteiger partial charge in [-0.2, -0.15) is 0 Å². The number of aryl methyl sites for hydroxylation is 1. The lowest BCUT2D eigenvalue weighted by Crippen LogP contribution is -2.32. The minimum Gasteiger partial charge on any atom is -0.466 e. The molecule has 6 heteroatoms. The van der Waals surface area contributed by atoms with E-state index >= 15 is 0 Å². The van der Waals surface area contributed by atoms with Gasteiger partial charge in [0.2, 0.25) is 0 Å². The number of esters is 1. The number of carbonyl (C=O) groups excluding carboxylic acids is 2. The molecular weight excluding hydrogens is 426 g/mol. The summed E-state index contributed by atoms with van der Waals surface area (Å²) in [4.78, 5) is 27.5. The first-order valence-electron chi connectivity index (χ1n) is 12.4. The molecule has 2 amide bonds. The summed E-state index contributed by atoms with van der Waals surface area (Å²) in [6.07, 6.45) is 0.787. The summed E-state index contributed by atoms with van der Waals surface area (Å²) in [6.45, 7) is 14.8. The number of carbonyl (C=O) groups is 2. The number of rotatable bonds is 10. The fourth-order valence-electron chi connectivity index (χ4n) is 4.31. The summed E-state index contributed by atoms with van der Waals surface area (Å²) >= 11 is 0. The highest BCUT2D eigenvalue weighted by Crippen LogP contribution is 2.49. The van der Waals surface area contributed by atoms with Crippen LogP contribution < -0.4 is 15.5 Å². The van der Waals surface area contributed by atoms with E-state index in [2.05, 4.69) is 55.4 Å². The largest absolute Gasteiger partial charge is 0.466 e. The van der Waals surface area contributed by atoms with Crippen LogP contribution in [0.3, 0.4) is 0 Å². The molecule has 1 saturated carbocycles. The Hall–Kier alpha value is -3.02. The van der Waals surface area contributed by atoms with Gasteiger partial charge in [0.05, 0.1) is 23.9 Å². The minimum absolute atomic E-state index is 0.0949. The van der Waals surface area contributed by atoms with E-state index in [9.17, 15) is 9.59 Å². The van der Waals surface area contributed by atoms with Gasteiger partial charge in [-0.15, -0.1) is 0 Å². The van der Waals surface area contributed by atoms with Crippen LogP contribution in [0.4, 0.5) is 21.9 Å². The molecule has 0 aromatic heterocycles. The lowest BCUT2D eigenvalue weighted by atomic mass is 10.0. The normalized spacial score (nSPS) is 16.9. The van der Waals surface area contributed by atoms with Gasteiger partial charge in [-0.3, -0.25) is 4.79 Å². The van der Waals surface area contributed by atoms with E-state index in [0.29, 0.717) is 18.4 Å². The molecule has 3 rings (SSSR count). The Kier molecular flexibility index (Phi) is 8.59. The Balaban J connectivity index is 1.87. The van der Waals surface area contributed by atoms with E-state index in [4.69, 9.17) is 4.74 Å². The molecule has 0 radical (unpaired) electrons. The standard InChI is InChI=1S/C28H39N3O3/c1-7-34-27(32)24-15-23(24)21-10-13-26(31(16-18(2)3)17-19(4)5)25(14-21)30-28(33)29-22-11-8-20(6)9-12-22/h8-14,18-19,23-24H,7,15-17H2,1-6H3,(H2,29,30,33)/t23-,24-/m1/s1. The molecule has 0 aliphatic heterocycles. The summed E-state index contributed by atoms with van der Waals surface area (Å²) in [5.74, 6) is 0.859. The molecule has 1 aliphatic rings. The molecule has 2 aromatic carbocycles. The number of hydrogen-bond donors (Lipinski definition) is 2. The van der Waals surface area contributed by atoms with Crippen LogP contribution in [0, 0.1) is 24.7 Å². The van der Waals surface area contributed by atoms with Gasteiger partial charge < -0.3 is 20.3 Å². The van der Waals surface area contributed by atoms with Crippen molar-refractivity contribution in [2.24, 2.45) is 17.8 Å². The number of urea groups is 1. The van der Waals surface area contributed by atoms with Crippen molar-refractivity contribution in [2.45, 2.75) is 53.9 Å². The average Bonchev–Trinajstić information content (AvgIpc) is 3.55. The summed E-state index contributed by atoms with van der Waals surface area (Å²) in [5, 5.41) is 6.02. The molecule has 0 bridgehead atoms. The Morgan fingerprint density at radius 1 is 1.00 bits per heavy atom. The second-order valence-corrected chi connectivity index (χ2v) is 10.1. The predicted octanol–water partition coefficient (Wildman–Crippen LogP) is 6.42. The number of hydrogen-bond acceptors (Lipinski definition) is 4. The van der Waals surface area contributed by atoms with Gasteiger partial charge in [0.15, 0.2) is 0 Å². The van der Waals surface area contributed by atoms with Crippen LogP contribution in [0.15, 0.2) is 42.5 Å². The zero-order chi connectivity index (χ0) is 24.8. The summed E-state index contributed by atoms with van der Waals surface area (Å²) in [5.41, 5.74) is 4.70. The van der Waals surface area contributed by atoms with Crippen molar-refractivity contribution >= 4 is 29.1 Å². The number of nitrogens with one attached hydrogen (secondary N) is 2. The van der Waals surface area contributed by atoms with Crippen LogP contribution >= 0.6 is 0 Å². The van der Waals surface area contributed by atoms with Crippen LogP contribution in [0.25, 0.3) is 0 Å². The smallest absolute Gasteiger partial charge is 0.323 e. The molecule has 0 saturated heterocycles. The molecule has 0 unspecified atom stereocenters. The maximum atomic E-state index is 12.9. The number of ether oxygens (including phenoxy) is 1. The Morgan fingerprint density at radius 3 is 2.24 bits per heavy atom. The van der Waals surface area contributed by atoms with E-state index < -0.39 is 0 Å². The average molecular weight is 466 g/mol. The Labute approximate surface area is 204 Å². The lowest BCUT2D eigenvalue weighted by Gasteiger charge is -2.30. The van der Waals surface area contributed by atoms with E-state index in [1.165, 1.54) is 0 Å². The zero-order valence-corrected chi connectivity index (χ0v) is 21.4. The van der Waals surface area contributed by atoms with Crippen molar-refractivity contribution in [3.63, 3.8) is 0 Å². The molecule has 0 spiro atoms. The topological polar surface area (TPSA) is 70.7 Å². The first kappa shape index (κ1) is 25.6. The van der Waals surface area contributed by atoms with Gasteiger partial charge in [0, 0.05) is 18.8 Å². The third-order valence-corrected chi connectivity index (χ3v) is 5.90. The zero-order valence-electron chi connectivity index (χ0n) is 21.4. The van der Waals surface area contributed by atoms with Crippen LogP contribution in [-0.2, 0) is 9.53 Å². The summed E-state index contributed by atoms with van der Waals surface area (Å²) in [7, 11) is 0. The highest BCUT2D eigenvalue weighted by Gasteiger charge is 2.45. The fourth-order valence-corrected chi connectivity index (χ4v) is 4.31. The molecule has 0 heterocycles. The van der Waals surface area contributed by atoms with Gasteiger partial charge in [0.1, 0.15) is 0 Å². The van der Waals surface area contributed by atoms with E-state index in [1.54, 1.807) is 0 Å². The maximum absolute atomic E-state index is 12.9. The molecule has 1 fully saturated rings. The number of anilines is 3. The van der Waals surface area contributed by atoms with Crippen LogP contribution in [-0.4, -0.2) is 31.7 Å². The van der Waals surface area contributed by atoms with Crippen molar-refractivity contribution < 1.29 is 14.3 Å². The summed E-state index contributed by atoms with van der Waals surface area (Å²) < 4.78 is 5.21. The molecule has 34 heavy (non-hydrogen) atoms. The van der Waals surface area contributed by atoms with E-state index in [-0.39, 0.29) is 23.8 Å². The third kappa shape index (κ3) is 6.99. The molecule has 1 aliphatic carbocycles. The highest BCUT2D eigenvalue weighted by molar-refractivity contribution is 6.02. The maximum Gasteiger partial charge on any atom is 0.323 e. The van der Waals surface area contributed by atoms with Gasteiger partial charge in [0.25, 0.3) is 0 Å². The highest BCUT2D eigenvalue weighted by atomic mass is 16.5. The van der Waals surface area contributed by atoms with E-state index in [0.717, 1.165) is 47.7 Å². The molecule has 184 valence electrons. The lowest BCUT2D eigenvalue weighted by molar-refractivity contribution is -0.144. The van der Waals surface area contributed by atoms with Crippen molar-refractivity contribution in [1.29, 1.82) is 0 Å². The number of nitrogens with zero attached hydrogens (tertiary/aromatic N) is 1. The monoisotopic (exact) mass is 465 g/mol. The molecule has 6 nitrogen and oxygen atoms in total. The van der Waals surface area contributed by atoms with Crippen molar-refractivity contribution in [3.8, 4) is 0 Å². The second kappa shape index (κ2) is 11.4. The van der Waals surface area contributed by atoms with Crippen molar-refractivity contribution in [2.75, 3.05) is 35.2 Å². The third-order valence-electron chi connectivity index (χ3n) is 5.90. The number of benzene rings is 2. The molecular formula is C28H39N3O3. The summed E-state index contributed by atoms with van der Waals surface area (Å²) in [6, 6.07) is 13.6. The quantitative estimate of drug-likeness (QED) is 0.397.